The number of nitrogens with one attached hydrogen (secondary N) is 1. The van der Waals surface area contributed by atoms with Gasteiger partial charge in [-0.2, -0.15) is 8.78 Å². The van der Waals surface area contributed by atoms with Gasteiger partial charge in [0.15, 0.2) is 0 Å². The van der Waals surface area contributed by atoms with Crippen LogP contribution in [0.2, 0.25) is 0 Å². The fourth-order valence-corrected chi connectivity index (χ4v) is 2.03. The first-order chi connectivity index (χ1) is 6.04. The van der Waals surface area contributed by atoms with Crippen molar-refractivity contribution in [3.63, 3.8) is 0 Å². The second kappa shape index (κ2) is 4.53. The summed E-state index contributed by atoms with van der Waals surface area (Å²) in [4.78, 5) is 0. The lowest BCUT2D eigenvalue weighted by Crippen LogP contribution is -2.46. The van der Waals surface area contributed by atoms with Gasteiger partial charge in [-0.3, -0.25) is 5.84 Å². The number of nitrogens with two attached hydrogens (primary N) is 1. The molecule has 0 aliphatic heterocycles. The lowest BCUT2D eigenvalue weighted by molar-refractivity contribution is 0.0400. The van der Waals surface area contributed by atoms with Gasteiger partial charge in [-0.15, -0.1) is 0 Å². The lowest BCUT2D eigenvalue weighted by Gasteiger charge is -2.23. The summed E-state index contributed by atoms with van der Waals surface area (Å²) in [6, 6.07) is -1.10. The molecule has 0 spiro atoms. The fourth-order valence-electron chi connectivity index (χ4n) is 1.88. The van der Waals surface area contributed by atoms with Crippen LogP contribution in [0.25, 0.3) is 0 Å². The second-order valence-corrected chi connectivity index (χ2v) is 4.15. The topological polar surface area (TPSA) is 38.0 Å². The Bertz CT molecular complexity index is 155. The van der Waals surface area contributed by atoms with Gasteiger partial charge in [0, 0.05) is 0 Å². The summed E-state index contributed by atoms with van der Waals surface area (Å²) < 4.78 is 25.3. The van der Waals surface area contributed by atoms with Crippen LogP contribution >= 0.6 is 11.6 Å². The average Bonchev–Trinajstić information content (AvgIpc) is 2.49. The van der Waals surface area contributed by atoms with Crippen molar-refractivity contribution in [1.82, 2.24) is 5.43 Å². The zero-order valence-corrected chi connectivity index (χ0v) is 8.16. The number of hydrogen-bond donors (Lipinski definition) is 2. The van der Waals surface area contributed by atoms with Crippen molar-refractivity contribution < 1.29 is 8.78 Å². The second-order valence-electron chi connectivity index (χ2n) is 3.65. The minimum Gasteiger partial charge on any atom is -0.271 e. The largest absolute Gasteiger partial charge is 0.338 e. The third-order valence-electron chi connectivity index (χ3n) is 2.64. The zero-order chi connectivity index (χ0) is 9.90. The first-order valence-corrected chi connectivity index (χ1v) is 4.94. The maximum Gasteiger partial charge on any atom is 0.338 e. The van der Waals surface area contributed by atoms with Crippen molar-refractivity contribution in [2.24, 2.45) is 11.8 Å². The molecule has 0 radical (unpaired) electrons. The molecule has 1 aliphatic rings. The summed E-state index contributed by atoms with van der Waals surface area (Å²) in [5, 5.41) is -3.24. The average molecular weight is 213 g/mol. The van der Waals surface area contributed by atoms with Crippen LogP contribution in [0.5, 0.6) is 0 Å². The van der Waals surface area contributed by atoms with Crippen LogP contribution in [0.1, 0.15) is 32.1 Å². The Morgan fingerprint density at radius 1 is 1.46 bits per heavy atom. The van der Waals surface area contributed by atoms with Gasteiger partial charge in [-0.25, -0.2) is 5.43 Å². The molecular weight excluding hydrogens is 198 g/mol. The Morgan fingerprint density at radius 2 is 2.00 bits per heavy atom. The van der Waals surface area contributed by atoms with Crippen molar-refractivity contribution >= 4 is 11.6 Å². The summed E-state index contributed by atoms with van der Waals surface area (Å²) in [7, 11) is 0. The molecule has 0 heterocycles. The van der Waals surface area contributed by atoms with E-state index in [1.165, 1.54) is 0 Å². The van der Waals surface area contributed by atoms with Gasteiger partial charge < -0.3 is 0 Å². The van der Waals surface area contributed by atoms with Crippen LogP contribution in [0.15, 0.2) is 0 Å². The van der Waals surface area contributed by atoms with E-state index in [1.54, 1.807) is 0 Å². The van der Waals surface area contributed by atoms with E-state index in [0.29, 0.717) is 12.3 Å². The molecule has 1 atom stereocenters. The highest BCUT2D eigenvalue weighted by Gasteiger charge is 2.38. The van der Waals surface area contributed by atoms with E-state index < -0.39 is 11.4 Å². The number of hydrazine groups is 1. The lowest BCUT2D eigenvalue weighted by atomic mass is 9.99. The Balaban J connectivity index is 2.39. The third-order valence-corrected chi connectivity index (χ3v) is 2.90. The van der Waals surface area contributed by atoms with E-state index in [-0.39, 0.29) is 0 Å². The Labute approximate surface area is 81.8 Å². The molecule has 1 rings (SSSR count). The normalized spacial score (nSPS) is 22.2. The van der Waals surface area contributed by atoms with E-state index >= 15 is 0 Å². The Hall–Kier alpha value is 0.0700. The monoisotopic (exact) mass is 212 g/mol. The van der Waals surface area contributed by atoms with Crippen molar-refractivity contribution in [2.75, 3.05) is 0 Å². The highest BCUT2D eigenvalue weighted by atomic mass is 35.5. The smallest absolute Gasteiger partial charge is 0.271 e. The highest BCUT2D eigenvalue weighted by Crippen LogP contribution is 2.33. The predicted octanol–water partition coefficient (Wildman–Crippen LogP) is 2.23. The predicted molar refractivity (Wildman–Crippen MR) is 48.5 cm³/mol. The summed E-state index contributed by atoms with van der Waals surface area (Å²) >= 11 is 4.90. The molecule has 0 aromatic carbocycles. The molecule has 78 valence electrons. The molecule has 1 aliphatic carbocycles. The fraction of sp³-hybridized carbons (Fsp3) is 1.00. The van der Waals surface area contributed by atoms with Crippen molar-refractivity contribution in [2.45, 2.75) is 43.5 Å². The van der Waals surface area contributed by atoms with Gasteiger partial charge in [0.2, 0.25) is 0 Å². The SMILES string of the molecule is NNC(CC1CCCC1)C(F)(F)Cl. The molecule has 0 amide bonds. The number of rotatable bonds is 4. The van der Waals surface area contributed by atoms with E-state index in [2.05, 4.69) is 5.43 Å². The van der Waals surface area contributed by atoms with Crippen molar-refractivity contribution in [3.8, 4) is 0 Å². The minimum absolute atomic E-state index is 0.352. The van der Waals surface area contributed by atoms with E-state index in [1.807, 2.05) is 0 Å². The van der Waals surface area contributed by atoms with E-state index in [9.17, 15) is 8.78 Å². The van der Waals surface area contributed by atoms with Crippen molar-refractivity contribution in [1.29, 1.82) is 0 Å². The van der Waals surface area contributed by atoms with Gasteiger partial charge in [-0.1, -0.05) is 25.7 Å². The molecule has 3 N–H and O–H groups in total. The molecule has 0 aromatic rings. The maximum absolute atomic E-state index is 12.7. The summed E-state index contributed by atoms with van der Waals surface area (Å²) in [6.07, 6.45) is 4.68. The number of alkyl halides is 3. The van der Waals surface area contributed by atoms with Crippen LogP contribution in [-0.2, 0) is 0 Å². The van der Waals surface area contributed by atoms with Gasteiger partial charge in [0.05, 0.1) is 6.04 Å². The molecule has 13 heavy (non-hydrogen) atoms. The maximum atomic E-state index is 12.7. The summed E-state index contributed by atoms with van der Waals surface area (Å²) in [5.41, 5.74) is 2.09. The number of hydrogen-bond acceptors (Lipinski definition) is 2. The number of halogens is 3. The molecule has 1 saturated carbocycles. The first kappa shape index (κ1) is 11.1. The molecule has 2 nitrogen and oxygen atoms in total. The summed E-state index contributed by atoms with van der Waals surface area (Å²) in [6.45, 7) is 0. The quantitative estimate of drug-likeness (QED) is 0.426. The molecule has 0 aromatic heterocycles. The molecule has 0 saturated heterocycles. The van der Waals surface area contributed by atoms with Gasteiger partial charge in [0.25, 0.3) is 0 Å². The standard InChI is InChI=1S/C8H15ClF2N2/c9-8(10,11)7(13-12)5-6-3-1-2-4-6/h6-7,13H,1-5,12H2. The molecule has 1 unspecified atom stereocenters. The van der Waals surface area contributed by atoms with Crippen LogP contribution in [0, 0.1) is 5.92 Å². The van der Waals surface area contributed by atoms with E-state index in [0.717, 1.165) is 25.7 Å². The molecular formula is C8H15ClF2N2. The van der Waals surface area contributed by atoms with Crippen LogP contribution in [0.4, 0.5) is 8.78 Å². The summed E-state index contributed by atoms with van der Waals surface area (Å²) in [5.74, 6) is 5.38. The van der Waals surface area contributed by atoms with Crippen LogP contribution < -0.4 is 11.3 Å². The molecule has 5 heteroatoms. The Morgan fingerprint density at radius 3 is 2.38 bits per heavy atom. The Kier molecular flexibility index (Phi) is 3.88. The van der Waals surface area contributed by atoms with Crippen molar-refractivity contribution in [3.05, 3.63) is 0 Å². The van der Waals surface area contributed by atoms with Gasteiger partial charge >= 0.3 is 5.38 Å². The third kappa shape index (κ3) is 3.37. The van der Waals surface area contributed by atoms with Gasteiger partial charge in [-0.05, 0) is 23.9 Å². The molecule has 1 fully saturated rings. The minimum atomic E-state index is -3.24. The first-order valence-electron chi connectivity index (χ1n) is 4.57. The van der Waals surface area contributed by atoms with E-state index in [4.69, 9.17) is 17.4 Å². The van der Waals surface area contributed by atoms with Gasteiger partial charge in [0.1, 0.15) is 0 Å². The van der Waals surface area contributed by atoms with Crippen LogP contribution in [-0.4, -0.2) is 11.4 Å². The van der Waals surface area contributed by atoms with Crippen LogP contribution in [0.3, 0.4) is 0 Å². The zero-order valence-electron chi connectivity index (χ0n) is 7.40. The highest BCUT2D eigenvalue weighted by molar-refractivity contribution is 6.22. The molecule has 0 bridgehead atoms.